The van der Waals surface area contributed by atoms with Gasteiger partial charge in [-0.1, -0.05) is 67.0 Å². The standard InChI is InChI=1S/C22H34O2/c1-20(2,3)16-12-15(13-17(19(16)24)21(4,5)6)14-22(7)11-9-8-10-18(22)23/h12-13,24H,8-11,14H2,1-7H3. The van der Waals surface area contributed by atoms with Gasteiger partial charge in [0.15, 0.2) is 0 Å². The van der Waals surface area contributed by atoms with E-state index in [1.54, 1.807) is 0 Å². The van der Waals surface area contributed by atoms with Gasteiger partial charge in [-0.25, -0.2) is 0 Å². The van der Waals surface area contributed by atoms with Gasteiger partial charge in [0.1, 0.15) is 11.5 Å². The van der Waals surface area contributed by atoms with Crippen molar-refractivity contribution in [2.75, 3.05) is 0 Å². The van der Waals surface area contributed by atoms with Crippen LogP contribution in [0, 0.1) is 5.41 Å². The summed E-state index contributed by atoms with van der Waals surface area (Å²) in [7, 11) is 0. The monoisotopic (exact) mass is 330 g/mol. The zero-order chi connectivity index (χ0) is 18.3. The Morgan fingerprint density at radius 2 is 1.50 bits per heavy atom. The third-order valence-electron chi connectivity index (χ3n) is 5.44. The normalized spacial score (nSPS) is 22.7. The average molecular weight is 331 g/mol. The molecule has 1 unspecified atom stereocenters. The van der Waals surface area contributed by atoms with Gasteiger partial charge >= 0.3 is 0 Å². The number of hydrogen-bond acceptors (Lipinski definition) is 2. The highest BCUT2D eigenvalue weighted by Crippen LogP contribution is 2.42. The molecule has 1 aromatic rings. The van der Waals surface area contributed by atoms with E-state index in [4.69, 9.17) is 0 Å². The first kappa shape index (κ1) is 19.0. The van der Waals surface area contributed by atoms with E-state index < -0.39 is 0 Å². The van der Waals surface area contributed by atoms with E-state index in [0.717, 1.165) is 36.8 Å². The van der Waals surface area contributed by atoms with Gasteiger partial charge in [0.2, 0.25) is 0 Å². The molecule has 2 nitrogen and oxygen atoms in total. The van der Waals surface area contributed by atoms with Crippen molar-refractivity contribution < 1.29 is 9.90 Å². The summed E-state index contributed by atoms with van der Waals surface area (Å²) in [5.74, 6) is 0.815. The lowest BCUT2D eigenvalue weighted by Gasteiger charge is -2.34. The number of carbonyl (C=O) groups excluding carboxylic acids is 1. The molecule has 1 aromatic carbocycles. The lowest BCUT2D eigenvalue weighted by molar-refractivity contribution is -0.130. The second kappa shape index (κ2) is 6.20. The molecule has 2 heteroatoms. The summed E-state index contributed by atoms with van der Waals surface area (Å²) in [5.41, 5.74) is 2.64. The van der Waals surface area contributed by atoms with Gasteiger partial charge in [0.05, 0.1) is 0 Å². The number of benzene rings is 1. The van der Waals surface area contributed by atoms with E-state index in [2.05, 4.69) is 60.6 Å². The first-order valence-electron chi connectivity index (χ1n) is 9.25. The number of carbonyl (C=O) groups is 1. The van der Waals surface area contributed by atoms with Crippen LogP contribution in [0.3, 0.4) is 0 Å². The molecule has 1 fully saturated rings. The lowest BCUT2D eigenvalue weighted by Crippen LogP contribution is -2.33. The molecule has 1 atom stereocenters. The molecule has 134 valence electrons. The predicted molar refractivity (Wildman–Crippen MR) is 101 cm³/mol. The molecule has 0 bridgehead atoms. The Morgan fingerprint density at radius 1 is 1.00 bits per heavy atom. The third-order valence-corrected chi connectivity index (χ3v) is 5.44. The van der Waals surface area contributed by atoms with Crippen LogP contribution in [0.1, 0.15) is 90.8 Å². The fraction of sp³-hybridized carbons (Fsp3) is 0.682. The summed E-state index contributed by atoms with van der Waals surface area (Å²) in [6, 6.07) is 4.25. The Labute approximate surface area is 147 Å². The minimum absolute atomic E-state index is 0.127. The van der Waals surface area contributed by atoms with Crippen molar-refractivity contribution in [1.29, 1.82) is 0 Å². The van der Waals surface area contributed by atoms with Crippen LogP contribution >= 0.6 is 0 Å². The van der Waals surface area contributed by atoms with Gasteiger partial charge < -0.3 is 5.11 Å². The van der Waals surface area contributed by atoms with Crippen LogP contribution in [-0.4, -0.2) is 10.9 Å². The molecular weight excluding hydrogens is 296 g/mol. The van der Waals surface area contributed by atoms with Gasteiger partial charge in [-0.05, 0) is 46.8 Å². The zero-order valence-corrected chi connectivity index (χ0v) is 16.5. The fourth-order valence-corrected chi connectivity index (χ4v) is 3.82. The maximum Gasteiger partial charge on any atom is 0.139 e. The molecule has 1 N–H and O–H groups in total. The van der Waals surface area contributed by atoms with Crippen LogP contribution in [-0.2, 0) is 22.0 Å². The number of aromatic hydroxyl groups is 1. The quantitative estimate of drug-likeness (QED) is 0.757. The summed E-state index contributed by atoms with van der Waals surface area (Å²) in [5, 5.41) is 10.8. The highest BCUT2D eigenvalue weighted by atomic mass is 16.3. The maximum atomic E-state index is 12.5. The molecule has 0 heterocycles. The van der Waals surface area contributed by atoms with Gasteiger partial charge in [-0.15, -0.1) is 0 Å². The topological polar surface area (TPSA) is 37.3 Å². The molecule has 1 aliphatic rings. The van der Waals surface area contributed by atoms with Crippen molar-refractivity contribution in [2.45, 2.75) is 91.4 Å². The van der Waals surface area contributed by atoms with Gasteiger partial charge in [-0.3, -0.25) is 4.79 Å². The molecule has 0 amide bonds. The van der Waals surface area contributed by atoms with E-state index in [1.165, 1.54) is 5.56 Å². The number of hydrogen-bond donors (Lipinski definition) is 1. The fourth-order valence-electron chi connectivity index (χ4n) is 3.82. The molecular formula is C22H34O2. The minimum Gasteiger partial charge on any atom is -0.507 e. The number of ketones is 1. The second-order valence-electron chi connectivity index (χ2n) is 9.91. The first-order chi connectivity index (χ1) is 10.8. The molecule has 2 rings (SSSR count). The summed E-state index contributed by atoms with van der Waals surface area (Å²) < 4.78 is 0. The maximum absolute atomic E-state index is 12.5. The van der Waals surface area contributed by atoms with Crippen molar-refractivity contribution >= 4 is 5.78 Å². The molecule has 1 saturated carbocycles. The van der Waals surface area contributed by atoms with Crippen LogP contribution in [0.2, 0.25) is 0 Å². The smallest absolute Gasteiger partial charge is 0.139 e. The minimum atomic E-state index is -0.250. The molecule has 0 aromatic heterocycles. The summed E-state index contributed by atoms with van der Waals surface area (Å²) in [6.45, 7) is 14.9. The Balaban J connectivity index is 2.52. The SMILES string of the molecule is CC1(Cc2cc(C(C)(C)C)c(O)c(C(C)(C)C)c2)CCCCC1=O. The van der Waals surface area contributed by atoms with Crippen LogP contribution in [0.5, 0.6) is 5.75 Å². The van der Waals surface area contributed by atoms with Crippen molar-refractivity contribution in [3.63, 3.8) is 0 Å². The molecule has 0 spiro atoms. The van der Waals surface area contributed by atoms with Crippen LogP contribution in [0.15, 0.2) is 12.1 Å². The Bertz CT molecular complexity index is 593. The molecule has 0 saturated heterocycles. The predicted octanol–water partition coefficient (Wildman–Crippen LogP) is 5.68. The summed E-state index contributed by atoms with van der Waals surface area (Å²) >= 11 is 0. The number of phenols is 1. The highest BCUT2D eigenvalue weighted by Gasteiger charge is 2.36. The Morgan fingerprint density at radius 3 is 1.92 bits per heavy atom. The number of phenolic OH excluding ortho intramolecular Hbond substituents is 1. The Kier molecular flexibility index (Phi) is 4.92. The van der Waals surface area contributed by atoms with E-state index in [-0.39, 0.29) is 16.2 Å². The van der Waals surface area contributed by atoms with E-state index >= 15 is 0 Å². The van der Waals surface area contributed by atoms with Gasteiger partial charge in [-0.2, -0.15) is 0 Å². The molecule has 0 radical (unpaired) electrons. The van der Waals surface area contributed by atoms with Crippen LogP contribution in [0.25, 0.3) is 0 Å². The van der Waals surface area contributed by atoms with Crippen LogP contribution in [0.4, 0.5) is 0 Å². The first-order valence-corrected chi connectivity index (χ1v) is 9.25. The largest absolute Gasteiger partial charge is 0.507 e. The third kappa shape index (κ3) is 3.84. The molecule has 0 aliphatic heterocycles. The summed E-state index contributed by atoms with van der Waals surface area (Å²) in [4.78, 5) is 12.5. The summed E-state index contributed by atoms with van der Waals surface area (Å²) in [6.07, 6.45) is 4.64. The Hall–Kier alpha value is -1.31. The van der Waals surface area contributed by atoms with E-state index in [9.17, 15) is 9.90 Å². The van der Waals surface area contributed by atoms with Crippen molar-refractivity contribution in [3.8, 4) is 5.75 Å². The number of rotatable bonds is 2. The van der Waals surface area contributed by atoms with E-state index in [1.807, 2.05) is 0 Å². The highest BCUT2D eigenvalue weighted by molar-refractivity contribution is 5.85. The van der Waals surface area contributed by atoms with Crippen LogP contribution < -0.4 is 0 Å². The van der Waals surface area contributed by atoms with Crippen molar-refractivity contribution in [1.82, 2.24) is 0 Å². The molecule has 24 heavy (non-hydrogen) atoms. The van der Waals surface area contributed by atoms with Crippen molar-refractivity contribution in [2.24, 2.45) is 5.41 Å². The number of Topliss-reactive ketones (excluding diaryl/α,β-unsaturated/α-hetero) is 1. The average Bonchev–Trinajstić information content (AvgIpc) is 2.41. The zero-order valence-electron chi connectivity index (χ0n) is 16.5. The van der Waals surface area contributed by atoms with Gasteiger partial charge in [0.25, 0.3) is 0 Å². The second-order valence-corrected chi connectivity index (χ2v) is 9.91. The molecule has 1 aliphatic carbocycles. The van der Waals surface area contributed by atoms with Gasteiger partial charge in [0, 0.05) is 11.8 Å². The lowest BCUT2D eigenvalue weighted by atomic mass is 9.69. The van der Waals surface area contributed by atoms with Crippen molar-refractivity contribution in [3.05, 3.63) is 28.8 Å². The van der Waals surface area contributed by atoms with E-state index in [0.29, 0.717) is 18.0 Å².